The molecule has 0 atom stereocenters. The van der Waals surface area contributed by atoms with Crippen LogP contribution in [0.4, 0.5) is 0 Å². The Labute approximate surface area is 182 Å². The SMILES string of the molecule is Cc1ccc(Cn2c(SCC(=O)NC(C)C)nc3c(sc4ncccc43)c2=O)cc1. The fourth-order valence-electron chi connectivity index (χ4n) is 3.16. The zero-order valence-electron chi connectivity index (χ0n) is 17.0. The minimum atomic E-state index is -0.102. The van der Waals surface area contributed by atoms with E-state index >= 15 is 0 Å². The van der Waals surface area contributed by atoms with E-state index in [0.717, 1.165) is 21.3 Å². The first-order valence-electron chi connectivity index (χ1n) is 9.68. The number of aromatic nitrogens is 3. The Balaban J connectivity index is 1.80. The predicted molar refractivity (Wildman–Crippen MR) is 123 cm³/mol. The van der Waals surface area contributed by atoms with Crippen molar-refractivity contribution in [2.24, 2.45) is 0 Å². The van der Waals surface area contributed by atoms with Crippen LogP contribution < -0.4 is 10.9 Å². The fraction of sp³-hybridized carbons (Fsp3) is 0.273. The second kappa shape index (κ2) is 8.57. The van der Waals surface area contributed by atoms with Crippen molar-refractivity contribution >= 4 is 49.4 Å². The third-order valence-electron chi connectivity index (χ3n) is 4.56. The highest BCUT2D eigenvalue weighted by molar-refractivity contribution is 7.99. The van der Waals surface area contributed by atoms with Crippen molar-refractivity contribution in [3.05, 3.63) is 64.1 Å². The molecule has 0 saturated heterocycles. The number of benzene rings is 1. The minimum absolute atomic E-state index is 0.0650. The molecule has 3 aromatic heterocycles. The number of hydrogen-bond donors (Lipinski definition) is 1. The second-order valence-electron chi connectivity index (χ2n) is 7.42. The third-order valence-corrected chi connectivity index (χ3v) is 6.63. The smallest absolute Gasteiger partial charge is 0.272 e. The van der Waals surface area contributed by atoms with E-state index in [1.54, 1.807) is 10.8 Å². The van der Waals surface area contributed by atoms with Gasteiger partial charge in [-0.3, -0.25) is 14.2 Å². The topological polar surface area (TPSA) is 76.9 Å². The number of thiophene rings is 1. The summed E-state index contributed by atoms with van der Waals surface area (Å²) in [5, 5.41) is 4.29. The lowest BCUT2D eigenvalue weighted by Gasteiger charge is -2.13. The quantitative estimate of drug-likeness (QED) is 0.364. The summed E-state index contributed by atoms with van der Waals surface area (Å²) in [6.07, 6.45) is 1.72. The molecular formula is C22H22N4O2S2. The molecule has 0 aliphatic rings. The van der Waals surface area contributed by atoms with Crippen molar-refractivity contribution in [2.45, 2.75) is 38.5 Å². The lowest BCUT2D eigenvalue weighted by molar-refractivity contribution is -0.119. The predicted octanol–water partition coefficient (Wildman–Crippen LogP) is 3.98. The normalized spacial score (nSPS) is 11.5. The number of carbonyl (C=O) groups is 1. The number of carbonyl (C=O) groups excluding carboxylic acids is 1. The van der Waals surface area contributed by atoms with E-state index in [9.17, 15) is 9.59 Å². The summed E-state index contributed by atoms with van der Waals surface area (Å²) in [5.74, 6) is 0.118. The van der Waals surface area contributed by atoms with Gasteiger partial charge in [-0.1, -0.05) is 41.6 Å². The van der Waals surface area contributed by atoms with Gasteiger partial charge in [0.1, 0.15) is 9.53 Å². The number of thioether (sulfide) groups is 1. The summed E-state index contributed by atoms with van der Waals surface area (Å²) in [4.78, 5) is 35.6. The van der Waals surface area contributed by atoms with Gasteiger partial charge in [-0.25, -0.2) is 9.97 Å². The number of rotatable bonds is 6. The highest BCUT2D eigenvalue weighted by Gasteiger charge is 2.18. The van der Waals surface area contributed by atoms with Crippen LogP contribution in [0.5, 0.6) is 0 Å². The van der Waals surface area contributed by atoms with E-state index in [2.05, 4.69) is 10.3 Å². The van der Waals surface area contributed by atoms with E-state index in [-0.39, 0.29) is 23.3 Å². The number of pyridine rings is 1. The molecule has 0 unspecified atom stereocenters. The maximum atomic E-state index is 13.4. The first-order valence-corrected chi connectivity index (χ1v) is 11.5. The van der Waals surface area contributed by atoms with Gasteiger partial charge in [0.05, 0.1) is 17.8 Å². The van der Waals surface area contributed by atoms with Gasteiger partial charge in [0, 0.05) is 17.6 Å². The second-order valence-corrected chi connectivity index (χ2v) is 9.36. The van der Waals surface area contributed by atoms with Gasteiger partial charge in [-0.15, -0.1) is 11.3 Å². The Morgan fingerprint density at radius 3 is 2.73 bits per heavy atom. The summed E-state index contributed by atoms with van der Waals surface area (Å²) < 4.78 is 2.25. The molecule has 4 rings (SSSR count). The summed E-state index contributed by atoms with van der Waals surface area (Å²) in [7, 11) is 0. The molecule has 4 aromatic rings. The van der Waals surface area contributed by atoms with E-state index in [1.165, 1.54) is 23.1 Å². The van der Waals surface area contributed by atoms with Gasteiger partial charge in [-0.05, 0) is 38.5 Å². The summed E-state index contributed by atoms with van der Waals surface area (Å²) >= 11 is 2.65. The highest BCUT2D eigenvalue weighted by Crippen LogP contribution is 2.30. The molecule has 1 amide bonds. The van der Waals surface area contributed by atoms with Crippen LogP contribution in [0.3, 0.4) is 0 Å². The standard InChI is InChI=1S/C22H22N4O2S2/c1-13(2)24-17(27)12-29-22-25-18-16-5-4-10-23-20(16)30-19(18)21(28)26(22)11-15-8-6-14(3)7-9-15/h4-10,13H,11-12H2,1-3H3,(H,24,27). The van der Waals surface area contributed by atoms with Crippen LogP contribution in [0.1, 0.15) is 25.0 Å². The maximum Gasteiger partial charge on any atom is 0.272 e. The summed E-state index contributed by atoms with van der Waals surface area (Å²) in [6.45, 7) is 6.27. The molecule has 1 N–H and O–H groups in total. The molecule has 3 heterocycles. The summed E-state index contributed by atoms with van der Waals surface area (Å²) in [5.41, 5.74) is 2.72. The van der Waals surface area contributed by atoms with Gasteiger partial charge in [0.15, 0.2) is 5.16 Å². The molecule has 0 fully saturated rings. The Morgan fingerprint density at radius 2 is 2.00 bits per heavy atom. The molecule has 0 spiro atoms. The number of nitrogens with one attached hydrogen (secondary N) is 1. The fourth-order valence-corrected chi connectivity index (χ4v) is 4.99. The Bertz CT molecular complexity index is 1280. The van der Waals surface area contributed by atoms with E-state index in [0.29, 0.717) is 21.9 Å². The molecule has 1 aromatic carbocycles. The molecule has 8 heteroatoms. The molecular weight excluding hydrogens is 416 g/mol. The van der Waals surface area contributed by atoms with Gasteiger partial charge in [0.25, 0.3) is 5.56 Å². The maximum absolute atomic E-state index is 13.4. The van der Waals surface area contributed by atoms with E-state index in [1.807, 2.05) is 57.2 Å². The van der Waals surface area contributed by atoms with Crippen LogP contribution in [0, 0.1) is 6.92 Å². The summed E-state index contributed by atoms with van der Waals surface area (Å²) in [6, 6.07) is 11.9. The van der Waals surface area contributed by atoms with Gasteiger partial charge in [-0.2, -0.15) is 0 Å². The average Bonchev–Trinajstić information content (AvgIpc) is 3.09. The van der Waals surface area contributed by atoms with Crippen LogP contribution >= 0.6 is 23.1 Å². The first-order chi connectivity index (χ1) is 14.4. The molecule has 0 radical (unpaired) electrons. The Hall–Kier alpha value is -2.71. The highest BCUT2D eigenvalue weighted by atomic mass is 32.2. The van der Waals surface area contributed by atoms with Gasteiger partial charge in [0.2, 0.25) is 5.91 Å². The largest absolute Gasteiger partial charge is 0.353 e. The minimum Gasteiger partial charge on any atom is -0.353 e. The van der Waals surface area contributed by atoms with Crippen molar-refractivity contribution in [2.75, 3.05) is 5.75 Å². The lowest BCUT2D eigenvalue weighted by atomic mass is 10.1. The number of aryl methyl sites for hydroxylation is 1. The third kappa shape index (κ3) is 4.24. The molecule has 0 saturated carbocycles. The Morgan fingerprint density at radius 1 is 1.23 bits per heavy atom. The zero-order valence-corrected chi connectivity index (χ0v) is 18.6. The van der Waals surface area contributed by atoms with Crippen LogP contribution in [0.15, 0.2) is 52.5 Å². The lowest BCUT2D eigenvalue weighted by Crippen LogP contribution is -2.32. The van der Waals surface area contributed by atoms with Crippen molar-refractivity contribution in [3.63, 3.8) is 0 Å². The Kier molecular flexibility index (Phi) is 5.87. The average molecular weight is 439 g/mol. The molecule has 30 heavy (non-hydrogen) atoms. The van der Waals surface area contributed by atoms with Gasteiger partial charge >= 0.3 is 0 Å². The number of amides is 1. The van der Waals surface area contributed by atoms with Crippen LogP contribution in [-0.2, 0) is 11.3 Å². The van der Waals surface area contributed by atoms with Crippen molar-refractivity contribution in [3.8, 4) is 0 Å². The molecule has 154 valence electrons. The first kappa shape index (κ1) is 20.6. The van der Waals surface area contributed by atoms with E-state index in [4.69, 9.17) is 4.98 Å². The van der Waals surface area contributed by atoms with Gasteiger partial charge < -0.3 is 5.32 Å². The van der Waals surface area contributed by atoms with E-state index < -0.39 is 0 Å². The zero-order chi connectivity index (χ0) is 21.3. The number of nitrogens with zero attached hydrogens (tertiary/aromatic N) is 3. The number of hydrogen-bond acceptors (Lipinski definition) is 6. The van der Waals surface area contributed by atoms with Crippen LogP contribution in [0.25, 0.3) is 20.4 Å². The molecule has 0 bridgehead atoms. The van der Waals surface area contributed by atoms with Crippen molar-refractivity contribution < 1.29 is 4.79 Å². The molecule has 0 aliphatic carbocycles. The van der Waals surface area contributed by atoms with Crippen molar-refractivity contribution in [1.29, 1.82) is 0 Å². The molecule has 0 aliphatic heterocycles. The van der Waals surface area contributed by atoms with Crippen LogP contribution in [-0.4, -0.2) is 32.2 Å². The molecule has 6 nitrogen and oxygen atoms in total. The van der Waals surface area contributed by atoms with Crippen LogP contribution in [0.2, 0.25) is 0 Å². The number of fused-ring (bicyclic) bond motifs is 3. The van der Waals surface area contributed by atoms with Crippen molar-refractivity contribution in [1.82, 2.24) is 19.9 Å². The monoisotopic (exact) mass is 438 g/mol.